The van der Waals surface area contributed by atoms with E-state index < -0.39 is 11.4 Å². The predicted octanol–water partition coefficient (Wildman–Crippen LogP) is 4.40. The maximum absolute atomic E-state index is 12.6. The topological polar surface area (TPSA) is 101 Å². The van der Waals surface area contributed by atoms with E-state index in [0.717, 1.165) is 11.1 Å². The Morgan fingerprint density at radius 2 is 1.85 bits per heavy atom. The van der Waals surface area contributed by atoms with E-state index in [1.807, 2.05) is 18.2 Å². The lowest BCUT2D eigenvalue weighted by atomic mass is 9.81. The summed E-state index contributed by atoms with van der Waals surface area (Å²) in [5.74, 6) is -0.420. The number of hydrogen-bond acceptors (Lipinski definition) is 5. The van der Waals surface area contributed by atoms with E-state index in [4.69, 9.17) is 4.74 Å². The number of benzene rings is 2. The number of amides is 1. The van der Waals surface area contributed by atoms with Gasteiger partial charge in [-0.1, -0.05) is 29.8 Å². The molecule has 1 amide bonds. The predicted molar refractivity (Wildman–Crippen MR) is 129 cm³/mol. The Morgan fingerprint density at radius 1 is 1.09 bits per heavy atom. The second kappa shape index (κ2) is 9.73. The summed E-state index contributed by atoms with van der Waals surface area (Å²) in [6.07, 6.45) is 1.70. The number of aryl methyl sites for hydroxylation is 1. The summed E-state index contributed by atoms with van der Waals surface area (Å²) < 4.78 is 5.48. The van der Waals surface area contributed by atoms with Crippen LogP contribution >= 0.6 is 0 Å². The summed E-state index contributed by atoms with van der Waals surface area (Å²) in [6, 6.07) is 15.4. The third-order valence-electron chi connectivity index (χ3n) is 5.63. The Labute approximate surface area is 193 Å². The van der Waals surface area contributed by atoms with E-state index in [-0.39, 0.29) is 17.2 Å². The zero-order valence-corrected chi connectivity index (χ0v) is 19.5. The molecule has 0 atom stereocenters. The fraction of sp³-hybridized carbons (Fsp3) is 0.269. The van der Waals surface area contributed by atoms with E-state index in [0.29, 0.717) is 23.5 Å². The number of methoxy groups -OCH3 is 1. The van der Waals surface area contributed by atoms with Gasteiger partial charge in [0.2, 0.25) is 0 Å². The molecular weight excluding hydrogens is 418 g/mol. The minimum atomic E-state index is -1.27. The van der Waals surface area contributed by atoms with Gasteiger partial charge in [-0.2, -0.15) is 0 Å². The molecule has 0 saturated heterocycles. The third-order valence-corrected chi connectivity index (χ3v) is 5.63. The maximum Gasteiger partial charge on any atom is 0.313 e. The van der Waals surface area contributed by atoms with Crippen LogP contribution in [0.2, 0.25) is 0 Å². The molecule has 1 heterocycles. The summed E-state index contributed by atoms with van der Waals surface area (Å²) in [5.41, 5.74) is 3.20. The van der Waals surface area contributed by atoms with Crippen molar-refractivity contribution in [3.63, 3.8) is 0 Å². The van der Waals surface area contributed by atoms with E-state index >= 15 is 0 Å². The van der Waals surface area contributed by atoms with Crippen LogP contribution in [0.1, 0.15) is 40.9 Å². The van der Waals surface area contributed by atoms with E-state index in [1.54, 1.807) is 32.2 Å². The monoisotopic (exact) mass is 447 g/mol. The Hall–Kier alpha value is -3.87. The van der Waals surface area contributed by atoms with Crippen LogP contribution in [-0.4, -0.2) is 36.1 Å². The number of carbonyl (C=O) groups excluding carboxylic acids is 1. The Bertz CT molecular complexity index is 1170. The number of carboxylic acid groups (broad SMARTS) is 1. The van der Waals surface area contributed by atoms with Crippen molar-refractivity contribution in [1.82, 2.24) is 10.3 Å². The lowest BCUT2D eigenvalue weighted by Crippen LogP contribution is -2.30. The molecule has 0 aliphatic rings. The third kappa shape index (κ3) is 5.14. The van der Waals surface area contributed by atoms with Crippen LogP contribution in [0.4, 0.5) is 5.82 Å². The minimum Gasteiger partial charge on any atom is -0.496 e. The fourth-order valence-electron chi connectivity index (χ4n) is 3.58. The second-order valence-electron chi connectivity index (χ2n) is 8.39. The van der Waals surface area contributed by atoms with Crippen molar-refractivity contribution in [3.05, 3.63) is 77.0 Å². The molecule has 0 bridgehead atoms. The molecule has 172 valence electrons. The molecule has 3 aromatic rings. The number of carbonyl (C=O) groups is 2. The van der Waals surface area contributed by atoms with Crippen molar-refractivity contribution in [1.29, 1.82) is 0 Å². The summed E-state index contributed by atoms with van der Waals surface area (Å²) in [4.78, 5) is 29.0. The average Bonchev–Trinajstić information content (AvgIpc) is 2.81. The minimum absolute atomic E-state index is 0.245. The summed E-state index contributed by atoms with van der Waals surface area (Å²) in [6.45, 7) is 5.87. The zero-order chi connectivity index (χ0) is 24.2. The van der Waals surface area contributed by atoms with Crippen LogP contribution in [0, 0.1) is 6.92 Å². The van der Waals surface area contributed by atoms with Crippen LogP contribution < -0.4 is 15.4 Å². The molecule has 33 heavy (non-hydrogen) atoms. The van der Waals surface area contributed by atoms with E-state index in [9.17, 15) is 14.7 Å². The molecule has 0 unspecified atom stereocenters. The molecule has 1 aromatic heterocycles. The van der Waals surface area contributed by atoms with Gasteiger partial charge >= 0.3 is 5.97 Å². The molecular formula is C26H29N3O4. The molecule has 0 aliphatic heterocycles. The molecule has 7 nitrogen and oxygen atoms in total. The number of nitrogens with one attached hydrogen (secondary N) is 2. The average molecular weight is 448 g/mol. The Kier molecular flexibility index (Phi) is 7.01. The normalized spacial score (nSPS) is 11.1. The first kappa shape index (κ1) is 23.8. The molecule has 0 aliphatic carbocycles. The number of carboxylic acids is 1. The van der Waals surface area contributed by atoms with Crippen LogP contribution in [0.15, 0.2) is 54.7 Å². The lowest BCUT2D eigenvalue weighted by molar-refractivity contribution is -0.142. The van der Waals surface area contributed by atoms with Gasteiger partial charge in [0.05, 0.1) is 18.1 Å². The lowest BCUT2D eigenvalue weighted by Gasteiger charge is -2.25. The largest absolute Gasteiger partial charge is 0.496 e. The van der Waals surface area contributed by atoms with Crippen LogP contribution in [0.3, 0.4) is 0 Å². The first-order valence-corrected chi connectivity index (χ1v) is 10.6. The SMILES string of the molecule is CNC(=O)c1cc(-c2ccc(NCc3cccc(C)c3)nc2)cc(C(C)(C)C(=O)O)c1OC. The molecule has 0 saturated carbocycles. The smallest absolute Gasteiger partial charge is 0.313 e. The number of pyridine rings is 1. The van der Waals surface area contributed by atoms with Gasteiger partial charge in [0.15, 0.2) is 0 Å². The van der Waals surface area contributed by atoms with Gasteiger partial charge < -0.3 is 20.5 Å². The first-order valence-electron chi connectivity index (χ1n) is 10.6. The molecule has 7 heteroatoms. The highest BCUT2D eigenvalue weighted by molar-refractivity contribution is 5.99. The van der Waals surface area contributed by atoms with Gasteiger partial charge in [-0.05, 0) is 56.2 Å². The van der Waals surface area contributed by atoms with Crippen LogP contribution in [0.25, 0.3) is 11.1 Å². The molecule has 0 fully saturated rings. The van der Waals surface area contributed by atoms with Gasteiger partial charge in [-0.25, -0.2) is 4.98 Å². The van der Waals surface area contributed by atoms with Crippen molar-refractivity contribution >= 4 is 17.7 Å². The van der Waals surface area contributed by atoms with Crippen molar-refractivity contribution < 1.29 is 19.4 Å². The number of rotatable bonds is 8. The van der Waals surface area contributed by atoms with Crippen molar-refractivity contribution in [2.45, 2.75) is 32.7 Å². The van der Waals surface area contributed by atoms with Gasteiger partial charge in [-0.15, -0.1) is 0 Å². The summed E-state index contributed by atoms with van der Waals surface area (Å²) in [7, 11) is 2.95. The number of nitrogens with zero attached hydrogens (tertiary/aromatic N) is 1. The highest BCUT2D eigenvalue weighted by atomic mass is 16.5. The Balaban J connectivity index is 1.97. The van der Waals surface area contributed by atoms with Crippen molar-refractivity contribution in [2.75, 3.05) is 19.5 Å². The molecule has 3 N–H and O–H groups in total. The zero-order valence-electron chi connectivity index (χ0n) is 19.5. The van der Waals surface area contributed by atoms with E-state index in [2.05, 4.69) is 40.7 Å². The van der Waals surface area contributed by atoms with Gasteiger partial charge in [0.25, 0.3) is 5.91 Å². The van der Waals surface area contributed by atoms with Crippen LogP contribution in [0.5, 0.6) is 5.75 Å². The standard InChI is InChI=1S/C26H29N3O4/c1-16-7-6-8-17(11-16)14-28-22-10-9-18(15-29-22)19-12-20(24(30)27-4)23(33-5)21(13-19)26(2,3)25(31)32/h6-13,15H,14H2,1-5H3,(H,27,30)(H,28,29)(H,31,32). The van der Waals surface area contributed by atoms with Gasteiger partial charge in [0, 0.05) is 30.9 Å². The Morgan fingerprint density at radius 3 is 2.42 bits per heavy atom. The molecule has 0 radical (unpaired) electrons. The maximum atomic E-state index is 12.6. The van der Waals surface area contributed by atoms with Crippen molar-refractivity contribution in [2.24, 2.45) is 0 Å². The first-order chi connectivity index (χ1) is 15.7. The van der Waals surface area contributed by atoms with Gasteiger partial charge in [-0.3, -0.25) is 9.59 Å². The van der Waals surface area contributed by atoms with Gasteiger partial charge in [0.1, 0.15) is 11.6 Å². The quantitative estimate of drug-likeness (QED) is 0.473. The van der Waals surface area contributed by atoms with Crippen LogP contribution in [-0.2, 0) is 16.8 Å². The highest BCUT2D eigenvalue weighted by Crippen LogP contribution is 2.38. The summed E-state index contributed by atoms with van der Waals surface area (Å²) in [5, 5.41) is 15.7. The number of aliphatic carboxylic acids is 1. The van der Waals surface area contributed by atoms with E-state index in [1.165, 1.54) is 19.7 Å². The highest BCUT2D eigenvalue weighted by Gasteiger charge is 2.35. The number of aromatic nitrogens is 1. The van der Waals surface area contributed by atoms with Crippen molar-refractivity contribution in [3.8, 4) is 16.9 Å². The molecule has 2 aromatic carbocycles. The summed E-state index contributed by atoms with van der Waals surface area (Å²) >= 11 is 0. The second-order valence-corrected chi connectivity index (χ2v) is 8.39. The number of anilines is 1. The molecule has 3 rings (SSSR count). The number of ether oxygens (including phenoxy) is 1. The fourth-order valence-corrected chi connectivity index (χ4v) is 3.58. The number of hydrogen-bond donors (Lipinski definition) is 3. The molecule has 0 spiro atoms.